The van der Waals surface area contributed by atoms with Crippen LogP contribution in [0.5, 0.6) is 0 Å². The van der Waals surface area contributed by atoms with Gasteiger partial charge < -0.3 is 18.3 Å². The third kappa shape index (κ3) is 7.16. The average molecular weight is 262 g/mol. The summed E-state index contributed by atoms with van der Waals surface area (Å²) in [6, 6.07) is 1.03. The Labute approximate surface area is 106 Å². The predicted octanol–water partition coefficient (Wildman–Crippen LogP) is 1.86. The minimum Gasteiger partial charge on any atom is -0.397 e. The molecule has 1 saturated heterocycles. The first-order valence-corrected chi connectivity index (χ1v) is 8.52. The Morgan fingerprint density at radius 3 is 2.35 bits per heavy atom. The van der Waals surface area contributed by atoms with E-state index in [9.17, 15) is 0 Å². The van der Waals surface area contributed by atoms with Crippen molar-refractivity contribution in [1.29, 1.82) is 0 Å². The van der Waals surface area contributed by atoms with Crippen molar-refractivity contribution in [1.82, 2.24) is 0 Å². The van der Waals surface area contributed by atoms with Crippen LogP contribution in [0, 0.1) is 0 Å². The Kier molecular flexibility index (Phi) is 8.05. The van der Waals surface area contributed by atoms with Gasteiger partial charge in [0.25, 0.3) is 0 Å². The Hall–Kier alpha value is 0.0569. The maximum Gasteiger partial charge on any atom is 0.321 e. The summed E-state index contributed by atoms with van der Waals surface area (Å²) in [5, 5.41) is 0. The molecule has 0 aromatic rings. The largest absolute Gasteiger partial charge is 0.397 e. The van der Waals surface area contributed by atoms with Crippen LogP contribution in [0.4, 0.5) is 0 Å². The number of rotatable bonds is 11. The first-order chi connectivity index (χ1) is 8.30. The van der Waals surface area contributed by atoms with Gasteiger partial charge in [0.1, 0.15) is 6.10 Å². The number of epoxide rings is 1. The minimum atomic E-state index is -1.45. The molecule has 0 aliphatic carbocycles. The van der Waals surface area contributed by atoms with Gasteiger partial charge in [0.15, 0.2) is 0 Å². The van der Waals surface area contributed by atoms with E-state index in [1.165, 1.54) is 0 Å². The number of hydrogen-bond acceptors (Lipinski definition) is 4. The smallest absolute Gasteiger partial charge is 0.321 e. The van der Waals surface area contributed by atoms with E-state index in [1.54, 1.807) is 0 Å². The van der Waals surface area contributed by atoms with Gasteiger partial charge in [-0.2, -0.15) is 0 Å². The highest BCUT2D eigenvalue weighted by molar-refractivity contribution is 6.44. The first-order valence-electron chi connectivity index (χ1n) is 6.76. The van der Waals surface area contributed by atoms with Gasteiger partial charge in [-0.25, -0.2) is 0 Å². The Morgan fingerprint density at radius 1 is 1.24 bits per heavy atom. The summed E-state index contributed by atoms with van der Waals surface area (Å²) in [5.41, 5.74) is 0. The molecule has 1 fully saturated rings. The zero-order valence-corrected chi connectivity index (χ0v) is 12.5. The van der Waals surface area contributed by atoms with Crippen molar-refractivity contribution in [3.63, 3.8) is 0 Å². The quantitative estimate of drug-likeness (QED) is 0.421. The Bertz CT molecular complexity index is 181. The molecule has 0 spiro atoms. The van der Waals surface area contributed by atoms with Gasteiger partial charge in [-0.15, -0.1) is 0 Å². The summed E-state index contributed by atoms with van der Waals surface area (Å²) in [4.78, 5) is 0. The second-order valence-electron chi connectivity index (χ2n) is 4.24. The SMILES string of the molecule is CCO[SiH](CCC(CC)OCC1CO1)OCC. The van der Waals surface area contributed by atoms with Crippen LogP contribution < -0.4 is 0 Å². The molecule has 2 atom stereocenters. The molecular weight excluding hydrogens is 236 g/mol. The lowest BCUT2D eigenvalue weighted by atomic mass is 10.2. The standard InChI is InChI=1S/C12H26O4Si/c1-4-11(13-9-12-10-14-12)7-8-17(15-5-2)16-6-3/h11-12,17H,4-10H2,1-3H3. The fourth-order valence-corrected chi connectivity index (χ4v) is 3.54. The van der Waals surface area contributed by atoms with Gasteiger partial charge in [0, 0.05) is 13.2 Å². The van der Waals surface area contributed by atoms with E-state index in [4.69, 9.17) is 18.3 Å². The van der Waals surface area contributed by atoms with Crippen molar-refractivity contribution in [2.24, 2.45) is 0 Å². The van der Waals surface area contributed by atoms with Crippen molar-refractivity contribution in [3.05, 3.63) is 0 Å². The highest BCUT2D eigenvalue weighted by Gasteiger charge is 2.24. The average Bonchev–Trinajstić information content (AvgIpc) is 3.13. The van der Waals surface area contributed by atoms with Gasteiger partial charge in [-0.05, 0) is 32.7 Å². The van der Waals surface area contributed by atoms with E-state index >= 15 is 0 Å². The lowest BCUT2D eigenvalue weighted by molar-refractivity contribution is 0.0364. The Balaban J connectivity index is 2.13. The second kappa shape index (κ2) is 9.05. The summed E-state index contributed by atoms with van der Waals surface area (Å²) < 4.78 is 22.3. The molecule has 0 bridgehead atoms. The molecule has 102 valence electrons. The van der Waals surface area contributed by atoms with Gasteiger partial charge in [-0.1, -0.05) is 6.92 Å². The second-order valence-corrected chi connectivity index (χ2v) is 6.34. The normalized spacial score (nSPS) is 20.8. The fourth-order valence-electron chi connectivity index (χ4n) is 1.72. The van der Waals surface area contributed by atoms with Crippen LogP contribution >= 0.6 is 0 Å². The van der Waals surface area contributed by atoms with Crippen molar-refractivity contribution < 1.29 is 18.3 Å². The van der Waals surface area contributed by atoms with Crippen LogP contribution in [0.25, 0.3) is 0 Å². The Morgan fingerprint density at radius 2 is 1.88 bits per heavy atom. The summed E-state index contributed by atoms with van der Waals surface area (Å²) in [7, 11) is -1.45. The molecule has 17 heavy (non-hydrogen) atoms. The lowest BCUT2D eigenvalue weighted by Gasteiger charge is -2.19. The van der Waals surface area contributed by atoms with Crippen molar-refractivity contribution in [3.8, 4) is 0 Å². The molecule has 0 N–H and O–H groups in total. The molecule has 0 aromatic heterocycles. The lowest BCUT2D eigenvalue weighted by Crippen LogP contribution is -2.25. The van der Waals surface area contributed by atoms with Crippen LogP contribution in [-0.4, -0.2) is 47.9 Å². The monoisotopic (exact) mass is 262 g/mol. The van der Waals surface area contributed by atoms with Crippen LogP contribution in [0.1, 0.15) is 33.6 Å². The highest BCUT2D eigenvalue weighted by Crippen LogP contribution is 2.15. The third-order valence-electron chi connectivity index (χ3n) is 2.80. The zero-order valence-electron chi connectivity index (χ0n) is 11.3. The van der Waals surface area contributed by atoms with E-state index in [1.807, 2.05) is 13.8 Å². The fraction of sp³-hybridized carbons (Fsp3) is 1.00. The van der Waals surface area contributed by atoms with Crippen molar-refractivity contribution in [2.45, 2.75) is 51.9 Å². The molecule has 5 heteroatoms. The van der Waals surface area contributed by atoms with Crippen molar-refractivity contribution >= 4 is 9.28 Å². The molecular formula is C12H26O4Si. The van der Waals surface area contributed by atoms with E-state index in [-0.39, 0.29) is 0 Å². The van der Waals surface area contributed by atoms with Crippen molar-refractivity contribution in [2.75, 3.05) is 26.4 Å². The van der Waals surface area contributed by atoms with Gasteiger partial charge >= 0.3 is 9.28 Å². The van der Waals surface area contributed by atoms with E-state index in [0.717, 1.165) is 45.3 Å². The topological polar surface area (TPSA) is 40.2 Å². The molecule has 0 amide bonds. The van der Waals surface area contributed by atoms with Gasteiger partial charge in [0.2, 0.25) is 0 Å². The van der Waals surface area contributed by atoms with Gasteiger partial charge in [-0.3, -0.25) is 0 Å². The maximum absolute atomic E-state index is 5.81. The highest BCUT2D eigenvalue weighted by atomic mass is 28.3. The zero-order chi connectivity index (χ0) is 12.5. The number of ether oxygens (including phenoxy) is 2. The van der Waals surface area contributed by atoms with Crippen LogP contribution in [-0.2, 0) is 18.3 Å². The molecule has 0 aromatic carbocycles. The molecule has 4 nitrogen and oxygen atoms in total. The molecule has 0 saturated carbocycles. The molecule has 1 aliphatic heterocycles. The van der Waals surface area contributed by atoms with Crippen LogP contribution in [0.2, 0.25) is 6.04 Å². The van der Waals surface area contributed by atoms with Gasteiger partial charge in [0.05, 0.1) is 19.3 Å². The summed E-state index contributed by atoms with van der Waals surface area (Å²) >= 11 is 0. The predicted molar refractivity (Wildman–Crippen MR) is 69.6 cm³/mol. The molecule has 0 radical (unpaired) electrons. The summed E-state index contributed by atoms with van der Waals surface area (Å²) in [6.07, 6.45) is 2.78. The minimum absolute atomic E-state index is 0.329. The van der Waals surface area contributed by atoms with E-state index in [2.05, 4.69) is 6.92 Å². The molecule has 2 unspecified atom stereocenters. The van der Waals surface area contributed by atoms with E-state index in [0.29, 0.717) is 12.2 Å². The summed E-state index contributed by atoms with van der Waals surface area (Å²) in [6.45, 7) is 9.33. The first kappa shape index (κ1) is 15.1. The van der Waals surface area contributed by atoms with E-state index < -0.39 is 9.28 Å². The van der Waals surface area contributed by atoms with Crippen LogP contribution in [0.15, 0.2) is 0 Å². The summed E-state index contributed by atoms with van der Waals surface area (Å²) in [5.74, 6) is 0. The molecule has 1 heterocycles. The molecule has 1 aliphatic rings. The third-order valence-corrected chi connectivity index (χ3v) is 5.02. The number of hydrogen-bond donors (Lipinski definition) is 0. The molecule has 1 rings (SSSR count). The maximum atomic E-state index is 5.81. The van der Waals surface area contributed by atoms with Crippen LogP contribution in [0.3, 0.4) is 0 Å².